The van der Waals surface area contributed by atoms with Gasteiger partial charge >= 0.3 is 0 Å². The van der Waals surface area contributed by atoms with Gasteiger partial charge in [-0.05, 0) is 98.0 Å². The molecule has 0 atom stereocenters. The Morgan fingerprint density at radius 2 is 0.640 bits per heavy atom. The van der Waals surface area contributed by atoms with E-state index in [0.717, 1.165) is 88.3 Å². The summed E-state index contributed by atoms with van der Waals surface area (Å²) in [6, 6.07) is 91.6. The largest absolute Gasteiger partial charge is 0.309 e. The van der Waals surface area contributed by atoms with E-state index >= 15 is 0 Å². The Bertz CT molecular complexity index is 4970. The number of rotatable bonds is 6. The van der Waals surface area contributed by atoms with Crippen LogP contribution in [0.2, 0.25) is 0 Å². The normalized spacial score (nSPS) is 12.0. The third-order valence-corrected chi connectivity index (χ3v) is 15.5. The Kier molecular flexibility index (Phi) is 8.94. The van der Waals surface area contributed by atoms with Gasteiger partial charge in [0.25, 0.3) is 0 Å². The van der Waals surface area contributed by atoms with Gasteiger partial charge in [-0.3, -0.25) is 4.57 Å². The second kappa shape index (κ2) is 16.2. The topological polar surface area (TPSA) is 53.5 Å². The maximum Gasteiger partial charge on any atom is 0.238 e. The molecule has 0 saturated heterocycles. The number of para-hydroxylation sites is 5. The molecular weight excluding hydrogens is 913 g/mol. The molecule has 75 heavy (non-hydrogen) atoms. The molecule has 6 heteroatoms. The highest BCUT2D eigenvalue weighted by molar-refractivity contribution is 6.26. The van der Waals surface area contributed by atoms with Crippen molar-refractivity contribution in [2.75, 3.05) is 0 Å². The van der Waals surface area contributed by atoms with E-state index in [1.807, 2.05) is 18.2 Å². The summed E-state index contributed by atoms with van der Waals surface area (Å²) in [4.78, 5) is 16.5. The monoisotopic (exact) mass is 954 g/mol. The highest BCUT2D eigenvalue weighted by atomic mass is 15.2. The molecule has 0 unspecified atom stereocenters. The predicted octanol–water partition coefficient (Wildman–Crippen LogP) is 17.6. The van der Waals surface area contributed by atoms with E-state index in [0.29, 0.717) is 17.6 Å². The van der Waals surface area contributed by atoms with Gasteiger partial charge < -0.3 is 9.13 Å². The van der Waals surface area contributed by atoms with Crippen molar-refractivity contribution < 1.29 is 0 Å². The molecule has 348 valence electrons. The highest BCUT2D eigenvalue weighted by Crippen LogP contribution is 2.44. The van der Waals surface area contributed by atoms with E-state index in [4.69, 9.17) is 15.0 Å². The number of fused-ring (bicyclic) bond motifs is 16. The zero-order valence-electron chi connectivity index (χ0n) is 40.4. The number of hydrogen-bond donors (Lipinski definition) is 0. The Balaban J connectivity index is 0.976. The van der Waals surface area contributed by atoms with Crippen LogP contribution in [-0.2, 0) is 0 Å². The van der Waals surface area contributed by atoms with Crippen molar-refractivity contribution >= 4 is 97.7 Å². The lowest BCUT2D eigenvalue weighted by Crippen LogP contribution is -2.08. The molecule has 0 bridgehead atoms. The molecule has 0 aliphatic rings. The lowest BCUT2D eigenvalue weighted by atomic mass is 9.92. The first-order valence-electron chi connectivity index (χ1n) is 25.5. The third-order valence-electron chi connectivity index (χ3n) is 15.5. The molecule has 0 fully saturated rings. The van der Waals surface area contributed by atoms with Crippen LogP contribution >= 0.6 is 0 Å². The summed E-state index contributed by atoms with van der Waals surface area (Å²) in [5.74, 6) is 1.72. The second-order valence-corrected chi connectivity index (χ2v) is 19.5. The number of benzene rings is 12. The second-order valence-electron chi connectivity index (χ2n) is 19.5. The fraction of sp³-hybridized carbons (Fsp3) is 0. The lowest BCUT2D eigenvalue weighted by Gasteiger charge is -2.15. The van der Waals surface area contributed by atoms with Gasteiger partial charge in [0.05, 0.1) is 33.1 Å². The van der Waals surface area contributed by atoms with Crippen LogP contribution in [0.4, 0.5) is 0 Å². The van der Waals surface area contributed by atoms with Crippen molar-refractivity contribution in [3.8, 4) is 51.2 Å². The van der Waals surface area contributed by atoms with E-state index in [2.05, 4.69) is 250 Å². The van der Waals surface area contributed by atoms with Crippen molar-refractivity contribution in [3.63, 3.8) is 0 Å². The first-order chi connectivity index (χ1) is 37.2. The minimum Gasteiger partial charge on any atom is -0.309 e. The predicted molar refractivity (Wildman–Crippen MR) is 312 cm³/mol. The molecule has 16 aromatic rings. The van der Waals surface area contributed by atoms with Crippen LogP contribution in [0.1, 0.15) is 0 Å². The van der Waals surface area contributed by atoms with Crippen molar-refractivity contribution in [2.45, 2.75) is 0 Å². The van der Waals surface area contributed by atoms with E-state index in [-0.39, 0.29) is 0 Å². The van der Waals surface area contributed by atoms with Crippen molar-refractivity contribution in [1.29, 1.82) is 0 Å². The van der Waals surface area contributed by atoms with Gasteiger partial charge in [-0.15, -0.1) is 0 Å². The zero-order chi connectivity index (χ0) is 49.1. The van der Waals surface area contributed by atoms with Crippen LogP contribution in [0.3, 0.4) is 0 Å². The van der Waals surface area contributed by atoms with Gasteiger partial charge in [-0.2, -0.15) is 9.97 Å². The molecule has 0 N–H and O–H groups in total. The summed E-state index contributed by atoms with van der Waals surface area (Å²) in [6.45, 7) is 0. The summed E-state index contributed by atoms with van der Waals surface area (Å²) in [7, 11) is 0. The summed E-state index contributed by atoms with van der Waals surface area (Å²) in [5, 5.41) is 14.4. The molecule has 0 aliphatic heterocycles. The summed E-state index contributed by atoms with van der Waals surface area (Å²) >= 11 is 0. The number of aromatic nitrogens is 6. The van der Waals surface area contributed by atoms with Gasteiger partial charge in [0.2, 0.25) is 5.95 Å². The van der Waals surface area contributed by atoms with E-state index in [1.165, 1.54) is 43.1 Å². The SMILES string of the molecule is c1ccc(-c2nc(-c3cccc4c5ccccc5n(-c5ccccc5)c34)nc(-n3c4ccccc4c4ccc5c6ccccc6n(-c6cccc(-c7ccc8c9ccccc9c9ccccc9c8c7)c6)c5c43)n2)cc1. The van der Waals surface area contributed by atoms with Crippen LogP contribution in [0.25, 0.3) is 149 Å². The summed E-state index contributed by atoms with van der Waals surface area (Å²) < 4.78 is 7.09. The number of nitrogens with zero attached hydrogens (tertiary/aromatic N) is 6. The molecule has 12 aromatic carbocycles. The molecule has 0 radical (unpaired) electrons. The smallest absolute Gasteiger partial charge is 0.238 e. The summed E-state index contributed by atoms with van der Waals surface area (Å²) in [6.07, 6.45) is 0. The van der Waals surface area contributed by atoms with E-state index < -0.39 is 0 Å². The standard InChI is InChI=1S/C69H42N6/c1-3-19-43(20-4-1)67-70-68(59-33-18-32-56-53-29-11-14-34-61(53)73(64(56)59)46-22-5-2-6-23-46)72-69(71-67)75-63-36-16-13-31-55(63)58-40-39-57-54-30-12-15-35-62(54)74(65(57)66(58)75)47-24-17-21-44(41-47)45-37-38-52-50-27-8-7-25-48(50)49-26-9-10-28-51(49)60(52)42-45/h1-42H. The minimum absolute atomic E-state index is 0.540. The Hall–Kier alpha value is -10.2. The lowest BCUT2D eigenvalue weighted by molar-refractivity contribution is 0.953. The molecule has 4 aromatic heterocycles. The van der Waals surface area contributed by atoms with Crippen LogP contribution in [0, 0.1) is 0 Å². The summed E-state index contributed by atoms with van der Waals surface area (Å²) in [5.41, 5.74) is 12.6. The Labute approximate surface area is 430 Å². The maximum absolute atomic E-state index is 5.63. The Morgan fingerprint density at radius 1 is 0.227 bits per heavy atom. The first-order valence-corrected chi connectivity index (χ1v) is 25.5. The van der Waals surface area contributed by atoms with Gasteiger partial charge in [0.1, 0.15) is 0 Å². The molecule has 0 saturated carbocycles. The van der Waals surface area contributed by atoms with Gasteiger partial charge in [-0.25, -0.2) is 4.98 Å². The molecule has 16 rings (SSSR count). The molecule has 4 heterocycles. The van der Waals surface area contributed by atoms with Crippen LogP contribution in [-0.4, -0.2) is 28.7 Å². The Morgan fingerprint density at radius 3 is 1.28 bits per heavy atom. The fourth-order valence-electron chi connectivity index (χ4n) is 12.2. The van der Waals surface area contributed by atoms with Gasteiger partial charge in [0, 0.05) is 54.8 Å². The van der Waals surface area contributed by atoms with Crippen molar-refractivity contribution in [1.82, 2.24) is 28.7 Å². The number of hydrogen-bond acceptors (Lipinski definition) is 3. The zero-order valence-corrected chi connectivity index (χ0v) is 40.4. The molecular formula is C69H42N6. The van der Waals surface area contributed by atoms with Crippen LogP contribution in [0.5, 0.6) is 0 Å². The average Bonchev–Trinajstić information content (AvgIpc) is 4.23. The first kappa shape index (κ1) is 41.4. The van der Waals surface area contributed by atoms with Crippen LogP contribution < -0.4 is 0 Å². The molecule has 0 aliphatic carbocycles. The van der Waals surface area contributed by atoms with Crippen molar-refractivity contribution in [3.05, 3.63) is 255 Å². The van der Waals surface area contributed by atoms with Crippen LogP contribution in [0.15, 0.2) is 255 Å². The quantitative estimate of drug-likeness (QED) is 0.156. The fourth-order valence-corrected chi connectivity index (χ4v) is 12.2. The molecule has 0 spiro atoms. The van der Waals surface area contributed by atoms with Gasteiger partial charge in [0.15, 0.2) is 11.6 Å². The average molecular weight is 955 g/mol. The van der Waals surface area contributed by atoms with E-state index in [1.54, 1.807) is 0 Å². The van der Waals surface area contributed by atoms with Crippen molar-refractivity contribution in [2.24, 2.45) is 0 Å². The molecule has 0 amide bonds. The molecule has 6 nitrogen and oxygen atoms in total. The highest BCUT2D eigenvalue weighted by Gasteiger charge is 2.25. The maximum atomic E-state index is 5.63. The van der Waals surface area contributed by atoms with Gasteiger partial charge in [-0.1, -0.05) is 200 Å². The minimum atomic E-state index is 0.540. The van der Waals surface area contributed by atoms with E-state index in [9.17, 15) is 0 Å². The third kappa shape index (κ3) is 6.17.